The molecule has 0 fully saturated rings. The van der Waals surface area contributed by atoms with E-state index in [0.29, 0.717) is 0 Å². The van der Waals surface area contributed by atoms with Gasteiger partial charge in [-0.15, -0.1) is 0 Å². The Bertz CT molecular complexity index is 677. The molecular formula is C19H22BrNOS. The first-order valence-electron chi connectivity index (χ1n) is 7.76. The largest absolute Gasteiger partial charge is 0.334 e. The number of rotatable bonds is 5. The highest BCUT2D eigenvalue weighted by Crippen LogP contribution is 2.35. The number of carbonyl (C=O) groups excluding carboxylic acids is 1. The van der Waals surface area contributed by atoms with Crippen molar-refractivity contribution in [3.05, 3.63) is 58.6 Å². The second kappa shape index (κ2) is 8.02. The Kier molecular flexibility index (Phi) is 6.31. The van der Waals surface area contributed by atoms with E-state index in [2.05, 4.69) is 49.7 Å². The maximum absolute atomic E-state index is 13.0. The highest BCUT2D eigenvalue weighted by Gasteiger charge is 2.23. The van der Waals surface area contributed by atoms with Crippen LogP contribution in [0.25, 0.3) is 0 Å². The fourth-order valence-electron chi connectivity index (χ4n) is 2.58. The van der Waals surface area contributed by atoms with Gasteiger partial charge in [0.1, 0.15) is 0 Å². The summed E-state index contributed by atoms with van der Waals surface area (Å²) in [5.74, 6) is 0.0881. The van der Waals surface area contributed by atoms with E-state index in [9.17, 15) is 4.79 Å². The predicted molar refractivity (Wildman–Crippen MR) is 101 cm³/mol. The molecule has 0 atom stereocenters. The van der Waals surface area contributed by atoms with Crippen molar-refractivity contribution in [2.75, 3.05) is 0 Å². The molecule has 23 heavy (non-hydrogen) atoms. The minimum atomic E-state index is 0.0881. The van der Waals surface area contributed by atoms with Crippen LogP contribution in [0.1, 0.15) is 38.1 Å². The first kappa shape index (κ1) is 18.1. The standard InChI is InChI=1S/C19H22BrNOS/c1-13(2)21(14(3)4)19(22)15-9-5-7-11-17(15)23-18-12-8-6-10-16(18)20/h5-14H,1-4H3. The third kappa shape index (κ3) is 4.39. The summed E-state index contributed by atoms with van der Waals surface area (Å²) in [7, 11) is 0. The number of halogens is 1. The van der Waals surface area contributed by atoms with Crippen LogP contribution in [0.15, 0.2) is 62.8 Å². The van der Waals surface area contributed by atoms with Gasteiger partial charge in [-0.3, -0.25) is 4.79 Å². The highest BCUT2D eigenvalue weighted by atomic mass is 79.9. The Hall–Kier alpha value is -1.26. The summed E-state index contributed by atoms with van der Waals surface area (Å²) in [5, 5.41) is 0. The van der Waals surface area contributed by atoms with E-state index >= 15 is 0 Å². The number of hydrogen-bond acceptors (Lipinski definition) is 2. The summed E-state index contributed by atoms with van der Waals surface area (Å²) in [4.78, 5) is 17.0. The summed E-state index contributed by atoms with van der Waals surface area (Å²) < 4.78 is 1.04. The zero-order valence-corrected chi connectivity index (χ0v) is 16.3. The molecule has 0 saturated carbocycles. The van der Waals surface area contributed by atoms with Crippen molar-refractivity contribution in [1.82, 2.24) is 4.90 Å². The van der Waals surface area contributed by atoms with Gasteiger partial charge in [0.15, 0.2) is 0 Å². The van der Waals surface area contributed by atoms with E-state index in [1.165, 1.54) is 0 Å². The molecule has 0 aliphatic heterocycles. The molecule has 0 radical (unpaired) electrons. The van der Waals surface area contributed by atoms with Crippen molar-refractivity contribution in [3.8, 4) is 0 Å². The van der Waals surface area contributed by atoms with E-state index in [4.69, 9.17) is 0 Å². The van der Waals surface area contributed by atoms with E-state index in [1.807, 2.05) is 47.4 Å². The molecule has 2 rings (SSSR count). The zero-order valence-electron chi connectivity index (χ0n) is 13.9. The van der Waals surface area contributed by atoms with Gasteiger partial charge in [-0.2, -0.15) is 0 Å². The van der Waals surface area contributed by atoms with Gasteiger partial charge in [-0.25, -0.2) is 0 Å². The lowest BCUT2D eigenvalue weighted by molar-refractivity contribution is 0.0640. The summed E-state index contributed by atoms with van der Waals surface area (Å²) in [6.45, 7) is 8.23. The van der Waals surface area contributed by atoms with Gasteiger partial charge in [-0.1, -0.05) is 36.0 Å². The van der Waals surface area contributed by atoms with Gasteiger partial charge in [0.2, 0.25) is 0 Å². The normalized spacial score (nSPS) is 11.1. The molecule has 2 nitrogen and oxygen atoms in total. The number of hydrogen-bond donors (Lipinski definition) is 0. The van der Waals surface area contributed by atoms with E-state index < -0.39 is 0 Å². The van der Waals surface area contributed by atoms with Crippen LogP contribution in [0.2, 0.25) is 0 Å². The lowest BCUT2D eigenvalue weighted by atomic mass is 10.1. The average molecular weight is 392 g/mol. The second-order valence-corrected chi connectivity index (χ2v) is 7.87. The molecule has 0 unspecified atom stereocenters. The Morgan fingerprint density at radius 3 is 2.00 bits per heavy atom. The number of benzene rings is 2. The molecular weight excluding hydrogens is 370 g/mol. The van der Waals surface area contributed by atoms with Crippen LogP contribution >= 0.6 is 27.7 Å². The van der Waals surface area contributed by atoms with Crippen molar-refractivity contribution in [2.24, 2.45) is 0 Å². The Balaban J connectivity index is 2.37. The van der Waals surface area contributed by atoms with Gasteiger partial charge >= 0.3 is 0 Å². The van der Waals surface area contributed by atoms with E-state index in [1.54, 1.807) is 11.8 Å². The highest BCUT2D eigenvalue weighted by molar-refractivity contribution is 9.10. The number of amides is 1. The van der Waals surface area contributed by atoms with Crippen LogP contribution < -0.4 is 0 Å². The Morgan fingerprint density at radius 1 is 0.913 bits per heavy atom. The number of nitrogens with zero attached hydrogens (tertiary/aromatic N) is 1. The SMILES string of the molecule is CC(C)N(C(=O)c1ccccc1Sc1ccccc1Br)C(C)C. The number of carbonyl (C=O) groups is 1. The minimum absolute atomic E-state index is 0.0881. The summed E-state index contributed by atoms with van der Waals surface area (Å²) in [6, 6.07) is 16.2. The first-order chi connectivity index (χ1) is 10.9. The second-order valence-electron chi connectivity index (χ2n) is 5.93. The fourth-order valence-corrected chi connectivity index (χ4v) is 4.07. The first-order valence-corrected chi connectivity index (χ1v) is 9.36. The Morgan fingerprint density at radius 2 is 1.43 bits per heavy atom. The molecule has 0 aliphatic carbocycles. The van der Waals surface area contributed by atoms with Crippen LogP contribution in [-0.4, -0.2) is 22.9 Å². The maximum Gasteiger partial charge on any atom is 0.255 e. The van der Waals surface area contributed by atoms with Crippen LogP contribution in [0.5, 0.6) is 0 Å². The average Bonchev–Trinajstić information content (AvgIpc) is 2.49. The smallest absolute Gasteiger partial charge is 0.255 e. The lowest BCUT2D eigenvalue weighted by Gasteiger charge is -2.31. The molecule has 2 aromatic carbocycles. The molecule has 0 bridgehead atoms. The molecule has 122 valence electrons. The summed E-state index contributed by atoms with van der Waals surface area (Å²) in [6.07, 6.45) is 0. The quantitative estimate of drug-likeness (QED) is 0.635. The molecule has 0 aliphatic rings. The molecule has 0 saturated heterocycles. The lowest BCUT2D eigenvalue weighted by Crippen LogP contribution is -2.42. The third-order valence-corrected chi connectivity index (χ3v) is 5.63. The van der Waals surface area contributed by atoms with Crippen LogP contribution in [0, 0.1) is 0 Å². The third-order valence-electron chi connectivity index (χ3n) is 3.52. The fraction of sp³-hybridized carbons (Fsp3) is 0.316. The van der Waals surface area contributed by atoms with E-state index in [-0.39, 0.29) is 18.0 Å². The van der Waals surface area contributed by atoms with Crippen molar-refractivity contribution in [3.63, 3.8) is 0 Å². The van der Waals surface area contributed by atoms with Crippen molar-refractivity contribution in [2.45, 2.75) is 49.6 Å². The van der Waals surface area contributed by atoms with Gasteiger partial charge in [0.05, 0.1) is 5.56 Å². The molecule has 4 heteroatoms. The summed E-state index contributed by atoms with van der Waals surface area (Å²) in [5.41, 5.74) is 0.760. The van der Waals surface area contributed by atoms with Crippen molar-refractivity contribution in [1.29, 1.82) is 0 Å². The molecule has 0 N–H and O–H groups in total. The van der Waals surface area contributed by atoms with Gasteiger partial charge in [-0.05, 0) is 67.9 Å². The van der Waals surface area contributed by atoms with Crippen LogP contribution in [-0.2, 0) is 0 Å². The summed E-state index contributed by atoms with van der Waals surface area (Å²) >= 11 is 5.19. The van der Waals surface area contributed by atoms with Crippen molar-refractivity contribution < 1.29 is 4.79 Å². The van der Waals surface area contributed by atoms with Gasteiger partial charge < -0.3 is 4.90 Å². The van der Waals surface area contributed by atoms with Crippen LogP contribution in [0.3, 0.4) is 0 Å². The predicted octanol–water partition coefficient (Wildman–Crippen LogP) is 5.86. The van der Waals surface area contributed by atoms with Gasteiger partial charge in [0.25, 0.3) is 5.91 Å². The van der Waals surface area contributed by atoms with Gasteiger partial charge in [0, 0.05) is 26.3 Å². The minimum Gasteiger partial charge on any atom is -0.334 e. The molecule has 0 aromatic heterocycles. The monoisotopic (exact) mass is 391 g/mol. The molecule has 1 amide bonds. The zero-order chi connectivity index (χ0) is 17.0. The topological polar surface area (TPSA) is 20.3 Å². The van der Waals surface area contributed by atoms with Crippen molar-refractivity contribution >= 4 is 33.6 Å². The maximum atomic E-state index is 13.0. The van der Waals surface area contributed by atoms with E-state index in [0.717, 1.165) is 19.8 Å². The Labute approximate surface area is 151 Å². The molecule has 2 aromatic rings. The molecule has 0 spiro atoms. The molecule has 0 heterocycles. The van der Waals surface area contributed by atoms with Crippen LogP contribution in [0.4, 0.5) is 0 Å².